The molecule has 0 aliphatic heterocycles. The number of aryl methyl sites for hydroxylation is 1. The Labute approximate surface area is 138 Å². The molecule has 0 bridgehead atoms. The predicted octanol–water partition coefficient (Wildman–Crippen LogP) is 3.38. The second-order valence-electron chi connectivity index (χ2n) is 5.14. The molecule has 0 amide bonds. The van der Waals surface area contributed by atoms with Crippen molar-refractivity contribution in [1.82, 2.24) is 14.8 Å². The minimum atomic E-state index is -0.247. The summed E-state index contributed by atoms with van der Waals surface area (Å²) in [5.41, 5.74) is 8.15. The normalized spacial score (nSPS) is 10.8. The van der Waals surface area contributed by atoms with Crippen LogP contribution in [0.25, 0.3) is 0 Å². The largest absolute Gasteiger partial charge is 0.368 e. The van der Waals surface area contributed by atoms with E-state index in [1.807, 2.05) is 22.8 Å². The van der Waals surface area contributed by atoms with Crippen molar-refractivity contribution in [3.63, 3.8) is 0 Å². The fraction of sp³-hybridized carbons (Fsp3) is 0.176. The van der Waals surface area contributed by atoms with E-state index in [4.69, 9.17) is 5.73 Å². The van der Waals surface area contributed by atoms with Crippen molar-refractivity contribution in [2.75, 3.05) is 11.5 Å². The maximum absolute atomic E-state index is 13.0. The minimum absolute atomic E-state index is 0.247. The van der Waals surface area contributed by atoms with Crippen LogP contribution in [0.1, 0.15) is 11.1 Å². The third-order valence-electron chi connectivity index (χ3n) is 3.46. The molecular formula is C17H17FN4S. The first-order chi connectivity index (χ1) is 11.2. The molecule has 0 saturated heterocycles. The lowest BCUT2D eigenvalue weighted by molar-refractivity contribution is 0.625. The molecule has 23 heavy (non-hydrogen) atoms. The molecule has 0 fully saturated rings. The van der Waals surface area contributed by atoms with Gasteiger partial charge in [-0.15, -0.1) is 10.2 Å². The maximum atomic E-state index is 13.0. The molecular weight excluding hydrogens is 311 g/mol. The van der Waals surface area contributed by atoms with Crippen LogP contribution in [0.3, 0.4) is 0 Å². The molecule has 3 aromatic rings. The molecule has 0 radical (unpaired) electrons. The van der Waals surface area contributed by atoms with Gasteiger partial charge in [0, 0.05) is 5.75 Å². The summed E-state index contributed by atoms with van der Waals surface area (Å²) < 4.78 is 14.8. The average Bonchev–Trinajstić information content (AvgIpc) is 2.91. The van der Waals surface area contributed by atoms with Crippen molar-refractivity contribution in [2.24, 2.45) is 0 Å². The van der Waals surface area contributed by atoms with E-state index in [1.165, 1.54) is 17.7 Å². The zero-order valence-electron chi connectivity index (χ0n) is 12.5. The fourth-order valence-electron chi connectivity index (χ4n) is 2.23. The maximum Gasteiger partial charge on any atom is 0.222 e. The number of nitrogens with two attached hydrogens (primary N) is 1. The molecule has 2 aromatic carbocycles. The Morgan fingerprint density at radius 2 is 1.70 bits per heavy atom. The van der Waals surface area contributed by atoms with E-state index in [2.05, 4.69) is 22.3 Å². The minimum Gasteiger partial charge on any atom is -0.368 e. The van der Waals surface area contributed by atoms with Gasteiger partial charge in [0.15, 0.2) is 5.16 Å². The van der Waals surface area contributed by atoms with Crippen molar-refractivity contribution in [1.29, 1.82) is 0 Å². The van der Waals surface area contributed by atoms with E-state index in [0.29, 0.717) is 12.5 Å². The van der Waals surface area contributed by atoms with E-state index in [-0.39, 0.29) is 5.82 Å². The smallest absolute Gasteiger partial charge is 0.222 e. The lowest BCUT2D eigenvalue weighted by Gasteiger charge is -2.08. The number of thioether (sulfide) groups is 1. The van der Waals surface area contributed by atoms with Crippen molar-refractivity contribution < 1.29 is 4.39 Å². The van der Waals surface area contributed by atoms with Gasteiger partial charge in [-0.3, -0.25) is 4.57 Å². The first kappa shape index (κ1) is 15.6. The van der Waals surface area contributed by atoms with Gasteiger partial charge in [-0.25, -0.2) is 4.39 Å². The van der Waals surface area contributed by atoms with Gasteiger partial charge in [-0.05, 0) is 29.7 Å². The quantitative estimate of drug-likeness (QED) is 0.705. The highest BCUT2D eigenvalue weighted by atomic mass is 32.2. The third kappa shape index (κ3) is 4.10. The summed E-state index contributed by atoms with van der Waals surface area (Å²) in [5, 5.41) is 8.87. The van der Waals surface area contributed by atoms with Crippen LogP contribution >= 0.6 is 11.8 Å². The van der Waals surface area contributed by atoms with Gasteiger partial charge < -0.3 is 5.73 Å². The highest BCUT2D eigenvalue weighted by Crippen LogP contribution is 2.21. The van der Waals surface area contributed by atoms with Gasteiger partial charge in [0.2, 0.25) is 5.95 Å². The van der Waals surface area contributed by atoms with Crippen LogP contribution in [0.2, 0.25) is 0 Å². The Hall–Kier alpha value is -2.34. The number of anilines is 1. The average molecular weight is 328 g/mol. The number of benzene rings is 2. The summed E-state index contributed by atoms with van der Waals surface area (Å²) in [4.78, 5) is 0. The van der Waals surface area contributed by atoms with E-state index in [0.717, 1.165) is 22.9 Å². The summed E-state index contributed by atoms with van der Waals surface area (Å²) in [6.45, 7) is 0.535. The number of hydrogen-bond acceptors (Lipinski definition) is 4. The predicted molar refractivity (Wildman–Crippen MR) is 90.8 cm³/mol. The molecule has 1 aromatic heterocycles. The van der Waals surface area contributed by atoms with Gasteiger partial charge in [0.25, 0.3) is 0 Å². The van der Waals surface area contributed by atoms with Crippen molar-refractivity contribution in [3.8, 4) is 0 Å². The van der Waals surface area contributed by atoms with Gasteiger partial charge in [-0.2, -0.15) is 0 Å². The Balaban J connectivity index is 1.65. The first-order valence-electron chi connectivity index (χ1n) is 7.32. The number of rotatable bonds is 6. The van der Waals surface area contributed by atoms with Gasteiger partial charge in [-0.1, -0.05) is 54.2 Å². The number of hydrogen-bond donors (Lipinski definition) is 1. The standard InChI is InChI=1S/C17H17FN4S/c18-15-8-6-14(7-9-15)12-22-16(19)20-21-17(22)23-11-10-13-4-2-1-3-5-13/h1-9H,10-12H2,(H2,19,20). The summed E-state index contributed by atoms with van der Waals surface area (Å²) in [7, 11) is 0. The molecule has 118 valence electrons. The lowest BCUT2D eigenvalue weighted by Crippen LogP contribution is -2.06. The summed E-state index contributed by atoms with van der Waals surface area (Å²) >= 11 is 1.62. The van der Waals surface area contributed by atoms with Crippen molar-refractivity contribution in [2.45, 2.75) is 18.1 Å². The van der Waals surface area contributed by atoms with E-state index >= 15 is 0 Å². The van der Waals surface area contributed by atoms with Crippen molar-refractivity contribution in [3.05, 3.63) is 71.5 Å². The molecule has 6 heteroatoms. The van der Waals surface area contributed by atoms with E-state index < -0.39 is 0 Å². The highest BCUT2D eigenvalue weighted by molar-refractivity contribution is 7.99. The molecule has 1 heterocycles. The number of nitrogen functional groups attached to an aromatic ring is 1. The van der Waals surface area contributed by atoms with Crippen LogP contribution in [0.5, 0.6) is 0 Å². The molecule has 0 atom stereocenters. The Bertz CT molecular complexity index is 756. The summed E-state index contributed by atoms with van der Waals surface area (Å²) in [5.74, 6) is 1.02. The van der Waals surface area contributed by atoms with Crippen LogP contribution in [-0.4, -0.2) is 20.5 Å². The molecule has 0 unspecified atom stereocenters. The van der Waals surface area contributed by atoms with Gasteiger partial charge in [0.05, 0.1) is 6.54 Å². The van der Waals surface area contributed by atoms with E-state index in [1.54, 1.807) is 23.9 Å². The molecule has 0 aliphatic rings. The molecule has 0 spiro atoms. The van der Waals surface area contributed by atoms with Gasteiger partial charge in [0.1, 0.15) is 5.82 Å². The number of nitrogens with zero attached hydrogens (tertiary/aromatic N) is 3. The summed E-state index contributed by atoms with van der Waals surface area (Å²) in [6.07, 6.45) is 0.953. The van der Waals surface area contributed by atoms with Crippen LogP contribution < -0.4 is 5.73 Å². The number of aromatic nitrogens is 3. The number of halogens is 1. The monoisotopic (exact) mass is 328 g/mol. The van der Waals surface area contributed by atoms with Gasteiger partial charge >= 0.3 is 0 Å². The first-order valence-corrected chi connectivity index (χ1v) is 8.31. The van der Waals surface area contributed by atoms with Crippen LogP contribution in [-0.2, 0) is 13.0 Å². The topological polar surface area (TPSA) is 56.7 Å². The molecule has 2 N–H and O–H groups in total. The molecule has 3 rings (SSSR count). The zero-order chi connectivity index (χ0) is 16.1. The molecule has 4 nitrogen and oxygen atoms in total. The van der Waals surface area contributed by atoms with E-state index in [9.17, 15) is 4.39 Å². The van der Waals surface area contributed by atoms with Crippen LogP contribution in [0, 0.1) is 5.82 Å². The molecule has 0 saturated carbocycles. The lowest BCUT2D eigenvalue weighted by atomic mass is 10.2. The Morgan fingerprint density at radius 3 is 2.43 bits per heavy atom. The second-order valence-corrected chi connectivity index (χ2v) is 6.20. The van der Waals surface area contributed by atoms with Crippen molar-refractivity contribution >= 4 is 17.7 Å². The SMILES string of the molecule is Nc1nnc(SCCc2ccccc2)n1Cc1ccc(F)cc1. The molecule has 0 aliphatic carbocycles. The van der Waals surface area contributed by atoms with Crippen LogP contribution in [0.4, 0.5) is 10.3 Å². The summed E-state index contributed by atoms with van der Waals surface area (Å²) in [6, 6.07) is 16.7. The second kappa shape index (κ2) is 7.28. The highest BCUT2D eigenvalue weighted by Gasteiger charge is 2.10. The Morgan fingerprint density at radius 1 is 0.957 bits per heavy atom. The van der Waals surface area contributed by atoms with Crippen LogP contribution in [0.15, 0.2) is 59.8 Å². The Kier molecular flexibility index (Phi) is 4.92. The zero-order valence-corrected chi connectivity index (χ0v) is 13.3. The third-order valence-corrected chi connectivity index (χ3v) is 4.43. The fourth-order valence-corrected chi connectivity index (χ4v) is 3.17.